The molecule has 0 aliphatic carbocycles. The van der Waals surface area contributed by atoms with Gasteiger partial charge in [0.1, 0.15) is 10.6 Å². The fourth-order valence-electron chi connectivity index (χ4n) is 2.73. The van der Waals surface area contributed by atoms with Crippen molar-refractivity contribution in [3.05, 3.63) is 57.0 Å². The second-order valence-electron chi connectivity index (χ2n) is 6.44. The molecule has 0 spiro atoms. The van der Waals surface area contributed by atoms with Gasteiger partial charge in [-0.3, -0.25) is 15.0 Å². The van der Waals surface area contributed by atoms with Crippen LogP contribution in [-0.4, -0.2) is 25.0 Å². The van der Waals surface area contributed by atoms with Crippen molar-refractivity contribution in [2.24, 2.45) is 0 Å². The summed E-state index contributed by atoms with van der Waals surface area (Å²) in [5.41, 5.74) is 3.65. The van der Waals surface area contributed by atoms with E-state index in [1.807, 2.05) is 19.9 Å². The predicted octanol–water partition coefficient (Wildman–Crippen LogP) is 4.75. The van der Waals surface area contributed by atoms with Gasteiger partial charge in [0.25, 0.3) is 11.8 Å². The molecule has 6 nitrogen and oxygen atoms in total. The summed E-state index contributed by atoms with van der Waals surface area (Å²) >= 11 is 9.93. The Morgan fingerprint density at radius 2 is 1.97 bits per heavy atom. The maximum absolute atomic E-state index is 12.8. The molecule has 29 heavy (non-hydrogen) atoms. The summed E-state index contributed by atoms with van der Waals surface area (Å²) in [6, 6.07) is 10.5. The zero-order valence-corrected chi connectivity index (χ0v) is 18.5. The molecule has 1 saturated heterocycles. The monoisotopic (exact) mass is 478 g/mol. The second-order valence-corrected chi connectivity index (χ2v) is 7.61. The predicted molar refractivity (Wildman–Crippen MR) is 116 cm³/mol. The first-order valence-electron chi connectivity index (χ1n) is 9.02. The Balaban J connectivity index is 2.00. The Morgan fingerprint density at radius 1 is 1.28 bits per heavy atom. The maximum atomic E-state index is 12.8. The molecule has 152 valence electrons. The lowest BCUT2D eigenvalue weighted by molar-refractivity contribution is -0.117. The van der Waals surface area contributed by atoms with Gasteiger partial charge >= 0.3 is 0 Å². The van der Waals surface area contributed by atoms with Crippen LogP contribution in [0.25, 0.3) is 6.08 Å². The van der Waals surface area contributed by atoms with Gasteiger partial charge in [-0.05, 0) is 59.1 Å². The van der Waals surface area contributed by atoms with Crippen LogP contribution in [0.5, 0.6) is 11.5 Å². The normalized spacial score (nSPS) is 16.2. The van der Waals surface area contributed by atoms with Crippen molar-refractivity contribution in [2.45, 2.75) is 26.4 Å². The van der Waals surface area contributed by atoms with E-state index in [1.165, 1.54) is 18.2 Å². The van der Waals surface area contributed by atoms with Gasteiger partial charge in [0.05, 0.1) is 18.9 Å². The Labute approximate surface area is 182 Å². The van der Waals surface area contributed by atoms with Gasteiger partial charge in [0.2, 0.25) is 0 Å². The summed E-state index contributed by atoms with van der Waals surface area (Å²) in [5.74, 6) is -0.134. The Morgan fingerprint density at radius 3 is 2.59 bits per heavy atom. The third-order valence-electron chi connectivity index (χ3n) is 4.48. The van der Waals surface area contributed by atoms with E-state index in [9.17, 15) is 9.59 Å². The van der Waals surface area contributed by atoms with E-state index < -0.39 is 11.8 Å². The number of carbonyl (C=O) groups excluding carboxylic acids is 2. The largest absolute Gasteiger partial charge is 0.493 e. The van der Waals surface area contributed by atoms with Crippen molar-refractivity contribution < 1.29 is 19.1 Å². The van der Waals surface area contributed by atoms with Crippen LogP contribution in [-0.2, 0) is 9.59 Å². The van der Waals surface area contributed by atoms with Crippen LogP contribution < -0.4 is 19.9 Å². The highest BCUT2D eigenvalue weighted by Crippen LogP contribution is 2.44. The Kier molecular flexibility index (Phi) is 6.49. The molecule has 8 heteroatoms. The van der Waals surface area contributed by atoms with Crippen LogP contribution in [0.1, 0.15) is 25.8 Å². The standard InChI is InChI=1S/C21H20BrClN2O4/c1-4-12(2)29-19-16(28-3)11-13(17(22)18(19)23)10-15-20(26)24-25(21(15)27)14-8-6-5-7-9-14/h5-12H,4H2,1-3H3,(H,24,26). The number of para-hydroxylation sites is 1. The van der Waals surface area contributed by atoms with Crippen LogP contribution in [0.15, 0.2) is 46.4 Å². The van der Waals surface area contributed by atoms with Crippen molar-refractivity contribution in [2.75, 3.05) is 12.1 Å². The van der Waals surface area contributed by atoms with E-state index >= 15 is 0 Å². The minimum atomic E-state index is -0.499. The van der Waals surface area contributed by atoms with E-state index in [4.69, 9.17) is 21.1 Å². The average molecular weight is 480 g/mol. The number of carbonyl (C=O) groups is 2. The molecule has 1 fully saturated rings. The molecular weight excluding hydrogens is 460 g/mol. The first kappa shape index (κ1) is 21.2. The van der Waals surface area contributed by atoms with E-state index in [1.54, 1.807) is 30.3 Å². The van der Waals surface area contributed by atoms with Gasteiger partial charge in [-0.25, -0.2) is 5.01 Å². The van der Waals surface area contributed by atoms with Gasteiger partial charge in [-0.1, -0.05) is 36.7 Å². The average Bonchev–Trinajstić information content (AvgIpc) is 3.01. The molecule has 2 aromatic carbocycles. The molecule has 0 bridgehead atoms. The van der Waals surface area contributed by atoms with Gasteiger partial charge in [0.15, 0.2) is 11.5 Å². The smallest absolute Gasteiger partial charge is 0.282 e. The van der Waals surface area contributed by atoms with Gasteiger partial charge < -0.3 is 9.47 Å². The van der Waals surface area contributed by atoms with Crippen molar-refractivity contribution >= 4 is 51.1 Å². The molecule has 1 aliphatic heterocycles. The van der Waals surface area contributed by atoms with Crippen LogP contribution in [0, 0.1) is 0 Å². The summed E-state index contributed by atoms with van der Waals surface area (Å²) < 4.78 is 11.8. The van der Waals surface area contributed by atoms with E-state index in [2.05, 4.69) is 21.4 Å². The third kappa shape index (κ3) is 4.26. The molecule has 2 amide bonds. The number of benzene rings is 2. The fourth-order valence-corrected chi connectivity index (χ4v) is 3.38. The molecule has 0 saturated carbocycles. The SMILES string of the molecule is CCC(C)Oc1c(OC)cc(C=C2C(=O)NN(c3ccccc3)C2=O)c(Br)c1Cl. The third-order valence-corrected chi connectivity index (χ3v) is 5.92. The number of hydrogen-bond donors (Lipinski definition) is 1. The lowest BCUT2D eigenvalue weighted by atomic mass is 10.1. The number of halogens is 2. The molecule has 0 aromatic heterocycles. The molecule has 3 rings (SSSR count). The minimum absolute atomic E-state index is 0.0109. The van der Waals surface area contributed by atoms with Crippen molar-refractivity contribution in [1.29, 1.82) is 0 Å². The fraction of sp³-hybridized carbons (Fsp3) is 0.238. The molecule has 1 N–H and O–H groups in total. The maximum Gasteiger partial charge on any atom is 0.282 e. The Bertz CT molecular complexity index is 978. The van der Waals surface area contributed by atoms with Crippen LogP contribution >= 0.6 is 27.5 Å². The van der Waals surface area contributed by atoms with Gasteiger partial charge in [-0.2, -0.15) is 0 Å². The highest BCUT2D eigenvalue weighted by atomic mass is 79.9. The number of nitrogens with one attached hydrogen (secondary N) is 1. The number of nitrogens with zero attached hydrogens (tertiary/aromatic N) is 1. The topological polar surface area (TPSA) is 67.9 Å². The summed E-state index contributed by atoms with van der Waals surface area (Å²) in [7, 11) is 1.50. The number of ether oxygens (including phenoxy) is 2. The molecular formula is C21H20BrClN2O4. The van der Waals surface area contributed by atoms with E-state index in [0.717, 1.165) is 6.42 Å². The lowest BCUT2D eigenvalue weighted by Gasteiger charge is -2.18. The molecule has 2 aromatic rings. The van der Waals surface area contributed by atoms with Crippen molar-refractivity contribution in [1.82, 2.24) is 5.43 Å². The number of rotatable bonds is 6. The molecule has 1 unspecified atom stereocenters. The Hall–Kier alpha value is -2.51. The molecule has 1 atom stereocenters. The number of anilines is 1. The van der Waals surface area contributed by atoms with Crippen molar-refractivity contribution in [3.8, 4) is 11.5 Å². The summed E-state index contributed by atoms with van der Waals surface area (Å²) in [6.45, 7) is 3.93. The van der Waals surface area contributed by atoms with Crippen LogP contribution in [0.2, 0.25) is 5.02 Å². The summed E-state index contributed by atoms with van der Waals surface area (Å²) in [6.07, 6.45) is 2.22. The zero-order valence-electron chi connectivity index (χ0n) is 16.2. The minimum Gasteiger partial charge on any atom is -0.493 e. The van der Waals surface area contributed by atoms with Crippen LogP contribution in [0.3, 0.4) is 0 Å². The van der Waals surface area contributed by atoms with E-state index in [-0.39, 0.29) is 11.7 Å². The highest BCUT2D eigenvalue weighted by Gasteiger charge is 2.34. The van der Waals surface area contributed by atoms with Crippen molar-refractivity contribution in [3.63, 3.8) is 0 Å². The number of hydrogen-bond acceptors (Lipinski definition) is 4. The summed E-state index contributed by atoms with van der Waals surface area (Å²) in [4.78, 5) is 25.2. The number of hydrazine groups is 1. The number of amides is 2. The zero-order chi connectivity index (χ0) is 21.1. The van der Waals surface area contributed by atoms with Crippen LogP contribution in [0.4, 0.5) is 5.69 Å². The van der Waals surface area contributed by atoms with Gasteiger partial charge in [-0.15, -0.1) is 0 Å². The highest BCUT2D eigenvalue weighted by molar-refractivity contribution is 9.10. The first-order valence-corrected chi connectivity index (χ1v) is 10.2. The quantitative estimate of drug-likeness (QED) is 0.480. The van der Waals surface area contributed by atoms with E-state index in [0.29, 0.717) is 32.2 Å². The lowest BCUT2D eigenvalue weighted by Crippen LogP contribution is -2.35. The number of methoxy groups -OCH3 is 1. The van der Waals surface area contributed by atoms with Gasteiger partial charge in [0, 0.05) is 4.47 Å². The summed E-state index contributed by atoms with van der Waals surface area (Å²) in [5, 5.41) is 1.52. The first-order chi connectivity index (χ1) is 13.9. The molecule has 1 heterocycles. The second kappa shape index (κ2) is 8.88. The molecule has 1 aliphatic rings. The molecule has 0 radical (unpaired) electrons.